The third-order valence-corrected chi connectivity index (χ3v) is 4.28. The number of hydrogen-bond donors (Lipinski definition) is 2. The topological polar surface area (TPSA) is 41.1 Å². The molecule has 120 valence electrons. The summed E-state index contributed by atoms with van der Waals surface area (Å²) in [6, 6.07) is 23.4. The van der Waals surface area contributed by atoms with Gasteiger partial charge in [-0.25, -0.2) is 4.79 Å². The fraction of sp³-hybridized carbons (Fsp3) is 0.0500. The summed E-state index contributed by atoms with van der Waals surface area (Å²) in [5.41, 5.74) is 4.87. The van der Waals surface area contributed by atoms with E-state index in [1.807, 2.05) is 67.6 Å². The fourth-order valence-electron chi connectivity index (χ4n) is 2.38. The molecule has 2 amide bonds. The number of benzene rings is 3. The SMILES string of the molecule is Cc1ccc(NC(=O)Nc2ccc(-c3ccccc3)cc2)c(Br)c1. The lowest BCUT2D eigenvalue weighted by Crippen LogP contribution is -2.19. The van der Waals surface area contributed by atoms with E-state index in [1.54, 1.807) is 0 Å². The zero-order chi connectivity index (χ0) is 16.9. The summed E-state index contributed by atoms with van der Waals surface area (Å²) in [4.78, 5) is 12.1. The van der Waals surface area contributed by atoms with Crippen molar-refractivity contribution < 1.29 is 4.79 Å². The van der Waals surface area contributed by atoms with Crippen LogP contribution < -0.4 is 10.6 Å². The van der Waals surface area contributed by atoms with Crippen molar-refractivity contribution in [3.05, 3.63) is 82.8 Å². The van der Waals surface area contributed by atoms with Crippen LogP contribution in [0.5, 0.6) is 0 Å². The molecule has 0 spiro atoms. The number of hydrogen-bond acceptors (Lipinski definition) is 1. The molecule has 0 aliphatic heterocycles. The zero-order valence-corrected chi connectivity index (χ0v) is 14.8. The molecule has 0 heterocycles. The minimum absolute atomic E-state index is 0.271. The minimum atomic E-state index is -0.271. The number of carbonyl (C=O) groups is 1. The molecule has 0 unspecified atom stereocenters. The molecular weight excluding hydrogens is 364 g/mol. The van der Waals surface area contributed by atoms with Crippen molar-refractivity contribution >= 4 is 33.3 Å². The first-order chi connectivity index (χ1) is 11.6. The van der Waals surface area contributed by atoms with Crippen molar-refractivity contribution in [2.75, 3.05) is 10.6 Å². The summed E-state index contributed by atoms with van der Waals surface area (Å²) in [6.07, 6.45) is 0. The van der Waals surface area contributed by atoms with Crippen LogP contribution in [0, 0.1) is 6.92 Å². The van der Waals surface area contributed by atoms with Crippen molar-refractivity contribution in [2.24, 2.45) is 0 Å². The maximum absolute atomic E-state index is 12.1. The highest BCUT2D eigenvalue weighted by atomic mass is 79.9. The predicted octanol–water partition coefficient (Wildman–Crippen LogP) is 6.07. The highest BCUT2D eigenvalue weighted by Crippen LogP contribution is 2.24. The highest BCUT2D eigenvalue weighted by molar-refractivity contribution is 9.10. The van der Waals surface area contributed by atoms with E-state index in [2.05, 4.69) is 38.7 Å². The summed E-state index contributed by atoms with van der Waals surface area (Å²) in [7, 11) is 0. The number of carbonyl (C=O) groups excluding carboxylic acids is 1. The van der Waals surface area contributed by atoms with Gasteiger partial charge in [0.15, 0.2) is 0 Å². The van der Waals surface area contributed by atoms with E-state index in [4.69, 9.17) is 0 Å². The highest BCUT2D eigenvalue weighted by Gasteiger charge is 2.06. The van der Waals surface area contributed by atoms with Crippen LogP contribution in [-0.4, -0.2) is 6.03 Å². The Bertz CT molecular complexity index is 845. The first-order valence-electron chi connectivity index (χ1n) is 7.61. The van der Waals surface area contributed by atoms with Gasteiger partial charge in [0.05, 0.1) is 5.69 Å². The second-order valence-corrected chi connectivity index (χ2v) is 6.36. The molecule has 0 aromatic heterocycles. The molecule has 0 saturated carbocycles. The summed E-state index contributed by atoms with van der Waals surface area (Å²) in [5, 5.41) is 5.68. The molecular formula is C20H17BrN2O. The maximum Gasteiger partial charge on any atom is 0.323 e. The van der Waals surface area contributed by atoms with Crippen molar-refractivity contribution in [1.29, 1.82) is 0 Å². The Balaban J connectivity index is 1.66. The summed E-state index contributed by atoms with van der Waals surface area (Å²) in [6.45, 7) is 2.00. The Kier molecular flexibility index (Phi) is 4.96. The van der Waals surface area contributed by atoms with E-state index < -0.39 is 0 Å². The van der Waals surface area contributed by atoms with Crippen molar-refractivity contribution in [1.82, 2.24) is 0 Å². The molecule has 0 fully saturated rings. The smallest absolute Gasteiger partial charge is 0.308 e. The van der Waals surface area contributed by atoms with E-state index in [0.717, 1.165) is 32.5 Å². The quantitative estimate of drug-likeness (QED) is 0.568. The number of urea groups is 1. The van der Waals surface area contributed by atoms with E-state index in [-0.39, 0.29) is 6.03 Å². The zero-order valence-electron chi connectivity index (χ0n) is 13.2. The van der Waals surface area contributed by atoms with Crippen molar-refractivity contribution in [2.45, 2.75) is 6.92 Å². The average molecular weight is 381 g/mol. The molecule has 2 N–H and O–H groups in total. The van der Waals surface area contributed by atoms with Gasteiger partial charge >= 0.3 is 6.03 Å². The first kappa shape index (κ1) is 16.3. The van der Waals surface area contributed by atoms with Crippen LogP contribution in [0.25, 0.3) is 11.1 Å². The van der Waals surface area contributed by atoms with Crippen LogP contribution in [0.1, 0.15) is 5.56 Å². The van der Waals surface area contributed by atoms with Gasteiger partial charge in [0.1, 0.15) is 0 Å². The van der Waals surface area contributed by atoms with Crippen LogP contribution in [0.4, 0.5) is 16.2 Å². The molecule has 3 aromatic rings. The Hall–Kier alpha value is -2.59. The van der Waals surface area contributed by atoms with Crippen LogP contribution in [0.15, 0.2) is 77.3 Å². The molecule has 24 heavy (non-hydrogen) atoms. The number of anilines is 2. The summed E-state index contributed by atoms with van der Waals surface area (Å²) >= 11 is 3.45. The lowest BCUT2D eigenvalue weighted by molar-refractivity contribution is 0.262. The average Bonchev–Trinajstić information content (AvgIpc) is 2.59. The van der Waals surface area contributed by atoms with Gasteiger partial charge in [-0.3, -0.25) is 0 Å². The van der Waals surface area contributed by atoms with Crippen LogP contribution in [0.3, 0.4) is 0 Å². The minimum Gasteiger partial charge on any atom is -0.308 e. The Morgan fingerprint density at radius 1 is 0.833 bits per heavy atom. The number of aryl methyl sites for hydroxylation is 1. The van der Waals surface area contributed by atoms with Gasteiger partial charge in [-0.1, -0.05) is 48.5 Å². The predicted molar refractivity (Wildman–Crippen MR) is 103 cm³/mol. The van der Waals surface area contributed by atoms with Gasteiger partial charge in [-0.15, -0.1) is 0 Å². The second kappa shape index (κ2) is 7.32. The monoisotopic (exact) mass is 380 g/mol. The summed E-state index contributed by atoms with van der Waals surface area (Å²) in [5.74, 6) is 0. The number of nitrogens with one attached hydrogen (secondary N) is 2. The summed E-state index contributed by atoms with van der Waals surface area (Å²) < 4.78 is 0.858. The molecule has 0 aliphatic carbocycles. The Morgan fingerprint density at radius 2 is 1.50 bits per heavy atom. The van der Waals surface area contributed by atoms with Crippen molar-refractivity contribution in [3.8, 4) is 11.1 Å². The molecule has 3 aromatic carbocycles. The van der Waals surface area contributed by atoms with Crippen LogP contribution in [0.2, 0.25) is 0 Å². The van der Waals surface area contributed by atoms with Crippen molar-refractivity contribution in [3.63, 3.8) is 0 Å². The van der Waals surface area contributed by atoms with Crippen LogP contribution >= 0.6 is 15.9 Å². The largest absolute Gasteiger partial charge is 0.323 e. The fourth-order valence-corrected chi connectivity index (χ4v) is 2.98. The van der Waals surface area contributed by atoms with Gasteiger partial charge in [0.25, 0.3) is 0 Å². The lowest BCUT2D eigenvalue weighted by Gasteiger charge is -2.10. The van der Waals surface area contributed by atoms with Gasteiger partial charge in [0, 0.05) is 10.2 Å². The van der Waals surface area contributed by atoms with Gasteiger partial charge in [0.2, 0.25) is 0 Å². The second-order valence-electron chi connectivity index (χ2n) is 5.51. The molecule has 0 radical (unpaired) electrons. The van der Waals surface area contributed by atoms with E-state index in [1.165, 1.54) is 0 Å². The molecule has 3 rings (SSSR count). The van der Waals surface area contributed by atoms with E-state index in [0.29, 0.717) is 0 Å². The van der Waals surface area contributed by atoms with Gasteiger partial charge in [-0.2, -0.15) is 0 Å². The molecule has 3 nitrogen and oxygen atoms in total. The third kappa shape index (κ3) is 4.03. The maximum atomic E-state index is 12.1. The molecule has 0 aliphatic rings. The molecule has 0 saturated heterocycles. The molecule has 4 heteroatoms. The lowest BCUT2D eigenvalue weighted by atomic mass is 10.1. The normalized spacial score (nSPS) is 10.2. The molecule has 0 atom stereocenters. The Labute approximate surface area is 149 Å². The number of rotatable bonds is 3. The standard InChI is InChI=1S/C20H17BrN2O/c1-14-7-12-19(18(21)13-14)23-20(24)22-17-10-8-16(9-11-17)15-5-3-2-4-6-15/h2-13H,1H3,(H2,22,23,24). The number of amides is 2. The van der Waals surface area contributed by atoms with Gasteiger partial charge < -0.3 is 10.6 Å². The number of halogens is 1. The van der Waals surface area contributed by atoms with E-state index in [9.17, 15) is 4.79 Å². The van der Waals surface area contributed by atoms with E-state index >= 15 is 0 Å². The van der Waals surface area contributed by atoms with Crippen LogP contribution in [-0.2, 0) is 0 Å². The van der Waals surface area contributed by atoms with Gasteiger partial charge in [-0.05, 0) is 63.8 Å². The third-order valence-electron chi connectivity index (χ3n) is 3.62. The Morgan fingerprint density at radius 3 is 2.17 bits per heavy atom. The molecule has 0 bridgehead atoms. The first-order valence-corrected chi connectivity index (χ1v) is 8.41.